The molecule has 0 spiro atoms. The van der Waals surface area contributed by atoms with Crippen LogP contribution in [0, 0.1) is 23.2 Å². The third kappa shape index (κ3) is 8.16. The molecule has 1 fully saturated rings. The van der Waals surface area contributed by atoms with Gasteiger partial charge in [-0.25, -0.2) is 4.79 Å². The van der Waals surface area contributed by atoms with Gasteiger partial charge in [0.15, 0.2) is 0 Å². The van der Waals surface area contributed by atoms with Crippen LogP contribution in [0.25, 0.3) is 11.1 Å². The molecule has 2 aliphatic rings. The van der Waals surface area contributed by atoms with Crippen molar-refractivity contribution < 1.29 is 37.0 Å². The second-order valence-corrected chi connectivity index (χ2v) is 13.0. The number of rotatable bonds is 10. The predicted molar refractivity (Wildman–Crippen MR) is 175 cm³/mol. The maximum atomic E-state index is 13.6. The molecule has 3 aromatic rings. The highest BCUT2D eigenvalue weighted by Crippen LogP contribution is 2.44. The zero-order valence-electron chi connectivity index (χ0n) is 27.5. The summed E-state index contributed by atoms with van der Waals surface area (Å²) in [5.74, 6) is -2.02. The van der Waals surface area contributed by atoms with Gasteiger partial charge in [-0.05, 0) is 72.9 Å². The summed E-state index contributed by atoms with van der Waals surface area (Å²) in [7, 11) is 0. The SMILES string of the molecule is CC(C)[C@@](C)(NC(=O)OCC1c2ccccc2-c2ccccc21)C(=O)NC1CCC(C(=O)NCc2ccc(C#N)cc2OC(F)(F)F)CC1. The first kappa shape index (κ1) is 35.3. The first-order valence-electron chi connectivity index (χ1n) is 16.3. The molecule has 0 saturated heterocycles. The van der Waals surface area contributed by atoms with E-state index in [1.54, 1.807) is 13.0 Å². The van der Waals surface area contributed by atoms with Gasteiger partial charge in [0.2, 0.25) is 11.8 Å². The van der Waals surface area contributed by atoms with Crippen molar-refractivity contribution in [3.8, 4) is 22.9 Å². The van der Waals surface area contributed by atoms with Gasteiger partial charge in [-0.15, -0.1) is 13.2 Å². The minimum absolute atomic E-state index is 0.00302. The van der Waals surface area contributed by atoms with Gasteiger partial charge in [0.25, 0.3) is 0 Å². The Kier molecular flexibility index (Phi) is 10.5. The summed E-state index contributed by atoms with van der Waals surface area (Å²) in [6.07, 6.45) is -3.74. The second kappa shape index (κ2) is 14.6. The standard InChI is InChI=1S/C37H39F3N4O5/c1-22(2)36(3,44-35(47)48-21-31-29-10-6-4-8-27(29)28-9-5-7-11-30(28)31)34(46)43-26-16-14-24(15-17-26)33(45)42-20-25-13-12-23(19-41)18-32(25)49-37(38,39)40/h4-13,18,22,24,26,31H,14-17,20-21H2,1-3H3,(H,42,45)(H,43,46)(H,44,47)/t24?,26?,36-/m1/s1. The lowest BCUT2D eigenvalue weighted by molar-refractivity contribution is -0.274. The van der Waals surface area contributed by atoms with Crippen LogP contribution < -0.4 is 20.7 Å². The number of hydrogen-bond donors (Lipinski definition) is 3. The van der Waals surface area contributed by atoms with Crippen LogP contribution in [-0.2, 0) is 20.9 Å². The lowest BCUT2D eigenvalue weighted by atomic mass is 9.83. The van der Waals surface area contributed by atoms with Gasteiger partial charge in [-0.3, -0.25) is 9.59 Å². The van der Waals surface area contributed by atoms with E-state index in [1.165, 1.54) is 12.1 Å². The summed E-state index contributed by atoms with van der Waals surface area (Å²) in [4.78, 5) is 39.6. The molecule has 0 heterocycles. The lowest BCUT2D eigenvalue weighted by Gasteiger charge is -2.36. The molecule has 0 bridgehead atoms. The molecule has 0 aliphatic heterocycles. The van der Waals surface area contributed by atoms with E-state index in [-0.39, 0.29) is 54.0 Å². The molecule has 1 atom stereocenters. The molecule has 0 unspecified atom stereocenters. The number of alkyl halides is 3. The average Bonchev–Trinajstić information content (AvgIpc) is 3.39. The molecule has 0 radical (unpaired) electrons. The fourth-order valence-electron chi connectivity index (χ4n) is 6.46. The van der Waals surface area contributed by atoms with Crippen LogP contribution in [0.5, 0.6) is 5.75 Å². The summed E-state index contributed by atoms with van der Waals surface area (Å²) < 4.78 is 48.4. The maximum Gasteiger partial charge on any atom is 0.573 e. The molecule has 258 valence electrons. The Hall–Kier alpha value is -5.05. The van der Waals surface area contributed by atoms with Crippen LogP contribution in [0.2, 0.25) is 0 Å². The number of alkyl carbamates (subject to hydrolysis) is 1. The Balaban J connectivity index is 1.12. The Morgan fingerprint density at radius 3 is 2.12 bits per heavy atom. The van der Waals surface area contributed by atoms with Crippen molar-refractivity contribution in [3.63, 3.8) is 0 Å². The van der Waals surface area contributed by atoms with Crippen molar-refractivity contribution in [2.45, 2.75) is 76.9 Å². The van der Waals surface area contributed by atoms with E-state index in [2.05, 4.69) is 32.8 Å². The summed E-state index contributed by atoms with van der Waals surface area (Å²) in [6, 6.07) is 21.2. The summed E-state index contributed by atoms with van der Waals surface area (Å²) >= 11 is 0. The van der Waals surface area contributed by atoms with E-state index in [4.69, 9.17) is 10.00 Å². The number of hydrogen-bond acceptors (Lipinski definition) is 6. The first-order chi connectivity index (χ1) is 23.3. The molecule has 3 N–H and O–H groups in total. The van der Waals surface area contributed by atoms with Crippen molar-refractivity contribution in [2.75, 3.05) is 6.61 Å². The molecule has 0 aromatic heterocycles. The topological polar surface area (TPSA) is 130 Å². The van der Waals surface area contributed by atoms with E-state index in [1.807, 2.05) is 50.2 Å². The summed E-state index contributed by atoms with van der Waals surface area (Å²) in [5, 5.41) is 17.5. The number of fused-ring (bicyclic) bond motifs is 3. The Morgan fingerprint density at radius 1 is 0.939 bits per heavy atom. The third-order valence-electron chi connectivity index (χ3n) is 9.64. The summed E-state index contributed by atoms with van der Waals surface area (Å²) in [5.41, 5.74) is 3.20. The van der Waals surface area contributed by atoms with Gasteiger partial charge in [-0.2, -0.15) is 5.26 Å². The van der Waals surface area contributed by atoms with Crippen molar-refractivity contribution in [1.29, 1.82) is 5.26 Å². The van der Waals surface area contributed by atoms with Gasteiger partial charge in [-0.1, -0.05) is 68.4 Å². The maximum absolute atomic E-state index is 13.6. The van der Waals surface area contributed by atoms with Crippen LogP contribution in [0.15, 0.2) is 66.7 Å². The van der Waals surface area contributed by atoms with E-state index >= 15 is 0 Å². The fraction of sp³-hybridized carbons (Fsp3) is 0.405. The van der Waals surface area contributed by atoms with Crippen LogP contribution in [0.1, 0.15) is 74.6 Å². The fourth-order valence-corrected chi connectivity index (χ4v) is 6.46. The highest BCUT2D eigenvalue weighted by atomic mass is 19.4. The number of carbonyl (C=O) groups excluding carboxylic acids is 3. The highest BCUT2D eigenvalue weighted by Gasteiger charge is 2.41. The van der Waals surface area contributed by atoms with Gasteiger partial charge in [0, 0.05) is 30.0 Å². The minimum atomic E-state index is -4.95. The largest absolute Gasteiger partial charge is 0.573 e. The number of benzene rings is 3. The normalized spacial score (nSPS) is 18.3. The minimum Gasteiger partial charge on any atom is -0.449 e. The third-order valence-corrected chi connectivity index (χ3v) is 9.64. The quantitative estimate of drug-likeness (QED) is 0.219. The highest BCUT2D eigenvalue weighted by molar-refractivity contribution is 5.90. The zero-order valence-corrected chi connectivity index (χ0v) is 27.5. The Labute approximate surface area is 283 Å². The number of carbonyl (C=O) groups is 3. The zero-order chi connectivity index (χ0) is 35.3. The van der Waals surface area contributed by atoms with Gasteiger partial charge in [0.1, 0.15) is 17.9 Å². The average molecular weight is 677 g/mol. The monoisotopic (exact) mass is 676 g/mol. The molecule has 1 saturated carbocycles. The van der Waals surface area contributed by atoms with Crippen molar-refractivity contribution >= 4 is 17.9 Å². The van der Waals surface area contributed by atoms with Crippen molar-refractivity contribution in [3.05, 3.63) is 89.0 Å². The molecular formula is C37H39F3N4O5. The molecule has 3 aromatic carbocycles. The summed E-state index contributed by atoms with van der Waals surface area (Å²) in [6.45, 7) is 5.24. The molecule has 3 amide bonds. The van der Waals surface area contributed by atoms with E-state index in [9.17, 15) is 27.6 Å². The number of ether oxygens (including phenoxy) is 2. The van der Waals surface area contributed by atoms with Crippen LogP contribution in [0.3, 0.4) is 0 Å². The van der Waals surface area contributed by atoms with Crippen molar-refractivity contribution in [1.82, 2.24) is 16.0 Å². The van der Waals surface area contributed by atoms with Crippen LogP contribution >= 0.6 is 0 Å². The van der Waals surface area contributed by atoms with Gasteiger partial charge >= 0.3 is 12.5 Å². The Morgan fingerprint density at radius 2 is 1.55 bits per heavy atom. The second-order valence-electron chi connectivity index (χ2n) is 13.0. The molecule has 49 heavy (non-hydrogen) atoms. The van der Waals surface area contributed by atoms with Gasteiger partial charge < -0.3 is 25.4 Å². The smallest absolute Gasteiger partial charge is 0.449 e. The predicted octanol–water partition coefficient (Wildman–Crippen LogP) is 6.70. The molecule has 9 nitrogen and oxygen atoms in total. The van der Waals surface area contributed by atoms with E-state index in [0.717, 1.165) is 28.3 Å². The number of halogens is 3. The molecule has 12 heteroatoms. The van der Waals surface area contributed by atoms with Crippen molar-refractivity contribution in [2.24, 2.45) is 11.8 Å². The van der Waals surface area contributed by atoms with E-state index in [0.29, 0.717) is 25.7 Å². The van der Waals surface area contributed by atoms with Crippen LogP contribution in [0.4, 0.5) is 18.0 Å². The van der Waals surface area contributed by atoms with Crippen LogP contribution in [-0.4, -0.2) is 42.5 Å². The van der Waals surface area contributed by atoms with E-state index < -0.39 is 29.7 Å². The molecular weight excluding hydrogens is 637 g/mol. The number of nitrogens with zero attached hydrogens (tertiary/aromatic N) is 1. The lowest BCUT2D eigenvalue weighted by Crippen LogP contribution is -2.61. The number of amides is 3. The first-order valence-corrected chi connectivity index (χ1v) is 16.3. The number of nitrogens with one attached hydrogen (secondary N) is 3. The number of nitriles is 1. The molecule has 2 aliphatic carbocycles. The van der Waals surface area contributed by atoms with Gasteiger partial charge in [0.05, 0.1) is 11.6 Å². The Bertz CT molecular complexity index is 1700. The molecule has 5 rings (SSSR count).